The molecule has 0 aromatic rings. The Bertz CT molecular complexity index is 215. The minimum atomic E-state index is 0.312. The van der Waals surface area contributed by atoms with Crippen LogP contribution in [0.4, 0.5) is 0 Å². The summed E-state index contributed by atoms with van der Waals surface area (Å²) in [6.07, 6.45) is 6.94. The summed E-state index contributed by atoms with van der Waals surface area (Å²) in [5.41, 5.74) is 0. The van der Waals surface area contributed by atoms with Gasteiger partial charge in [-0.2, -0.15) is 0 Å². The Balaban J connectivity index is 1.99. The van der Waals surface area contributed by atoms with Crippen LogP contribution in [0.15, 0.2) is 0 Å². The van der Waals surface area contributed by atoms with Crippen LogP contribution in [0.1, 0.15) is 38.5 Å². The maximum Gasteiger partial charge on any atom is 0.225 e. The second-order valence-corrected chi connectivity index (χ2v) is 4.77. The van der Waals surface area contributed by atoms with Crippen molar-refractivity contribution in [3.8, 4) is 0 Å². The number of nitrogens with zero attached hydrogens (tertiary/aromatic N) is 1. The first-order chi connectivity index (χ1) is 6.83. The number of rotatable bonds is 2. The van der Waals surface area contributed by atoms with Crippen molar-refractivity contribution in [3.63, 3.8) is 0 Å². The second kappa shape index (κ2) is 4.52. The molecule has 3 heteroatoms. The van der Waals surface area contributed by atoms with Crippen LogP contribution in [0.2, 0.25) is 0 Å². The molecule has 0 N–H and O–H groups in total. The lowest BCUT2D eigenvalue weighted by atomic mass is 10.1. The van der Waals surface area contributed by atoms with Crippen LogP contribution in [-0.4, -0.2) is 29.3 Å². The minimum Gasteiger partial charge on any atom is -0.338 e. The molecule has 1 atom stereocenters. The van der Waals surface area contributed by atoms with Crippen LogP contribution in [0.5, 0.6) is 0 Å². The smallest absolute Gasteiger partial charge is 0.225 e. The van der Waals surface area contributed by atoms with Gasteiger partial charge in [0.25, 0.3) is 0 Å². The van der Waals surface area contributed by atoms with E-state index >= 15 is 0 Å². The van der Waals surface area contributed by atoms with Gasteiger partial charge in [-0.1, -0.05) is 12.8 Å². The van der Waals surface area contributed by atoms with Crippen molar-refractivity contribution >= 4 is 17.5 Å². The van der Waals surface area contributed by atoms with E-state index in [-0.39, 0.29) is 0 Å². The van der Waals surface area contributed by atoms with Gasteiger partial charge in [-0.3, -0.25) is 4.79 Å². The van der Waals surface area contributed by atoms with Gasteiger partial charge in [0.15, 0.2) is 0 Å². The molecule has 1 saturated heterocycles. The van der Waals surface area contributed by atoms with Crippen molar-refractivity contribution in [3.05, 3.63) is 0 Å². The molecule has 14 heavy (non-hydrogen) atoms. The largest absolute Gasteiger partial charge is 0.338 e. The first kappa shape index (κ1) is 10.3. The summed E-state index contributed by atoms with van der Waals surface area (Å²) in [7, 11) is 0. The molecule has 80 valence electrons. The predicted molar refractivity (Wildman–Crippen MR) is 57.4 cm³/mol. The molecule has 2 fully saturated rings. The zero-order chi connectivity index (χ0) is 9.97. The molecule has 0 radical (unpaired) electrons. The molecule has 1 heterocycles. The van der Waals surface area contributed by atoms with Crippen LogP contribution in [0.3, 0.4) is 0 Å². The van der Waals surface area contributed by atoms with Crippen molar-refractivity contribution in [2.75, 3.05) is 12.4 Å². The Morgan fingerprint density at radius 1 is 1.21 bits per heavy atom. The normalized spacial score (nSPS) is 28.6. The Labute approximate surface area is 90.6 Å². The van der Waals surface area contributed by atoms with E-state index in [4.69, 9.17) is 11.6 Å². The average molecular weight is 216 g/mol. The summed E-state index contributed by atoms with van der Waals surface area (Å²) >= 11 is 5.92. The molecule has 0 aromatic heterocycles. The summed E-state index contributed by atoms with van der Waals surface area (Å²) in [5, 5.41) is 0. The molecule has 1 amide bonds. The molecule has 2 rings (SSSR count). The number of halogens is 1. The minimum absolute atomic E-state index is 0.312. The van der Waals surface area contributed by atoms with Gasteiger partial charge in [0.2, 0.25) is 5.91 Å². The third-order valence-corrected chi connectivity index (χ3v) is 3.62. The Morgan fingerprint density at radius 3 is 2.64 bits per heavy atom. The summed E-state index contributed by atoms with van der Waals surface area (Å²) in [4.78, 5) is 14.0. The lowest BCUT2D eigenvalue weighted by Gasteiger charge is -2.28. The zero-order valence-corrected chi connectivity index (χ0v) is 9.30. The van der Waals surface area contributed by atoms with Crippen molar-refractivity contribution in [2.24, 2.45) is 5.92 Å². The Kier molecular flexibility index (Phi) is 3.32. The maximum atomic E-state index is 11.9. The monoisotopic (exact) mass is 215 g/mol. The van der Waals surface area contributed by atoms with Gasteiger partial charge < -0.3 is 4.90 Å². The second-order valence-electron chi connectivity index (χ2n) is 4.46. The van der Waals surface area contributed by atoms with Gasteiger partial charge in [-0.25, -0.2) is 0 Å². The molecule has 2 aliphatic rings. The van der Waals surface area contributed by atoms with Gasteiger partial charge in [-0.05, 0) is 25.7 Å². The predicted octanol–water partition coefficient (Wildman–Crippen LogP) is 2.41. The van der Waals surface area contributed by atoms with E-state index in [1.165, 1.54) is 12.8 Å². The number of hydrogen-bond acceptors (Lipinski definition) is 1. The molecular formula is C11H18ClNO. The molecule has 0 bridgehead atoms. The summed E-state index contributed by atoms with van der Waals surface area (Å²) in [5.74, 6) is 1.33. The van der Waals surface area contributed by atoms with Crippen molar-refractivity contribution in [2.45, 2.75) is 44.6 Å². The highest BCUT2D eigenvalue weighted by molar-refractivity contribution is 6.18. The fraction of sp³-hybridized carbons (Fsp3) is 0.909. The molecule has 2 nitrogen and oxygen atoms in total. The Morgan fingerprint density at radius 2 is 2.00 bits per heavy atom. The molecule has 1 unspecified atom stereocenters. The third kappa shape index (κ3) is 2.22. The lowest BCUT2D eigenvalue weighted by Crippen LogP contribution is -2.41. The molecule has 0 spiro atoms. The fourth-order valence-corrected chi connectivity index (χ4v) is 2.51. The lowest BCUT2D eigenvalue weighted by molar-refractivity contribution is -0.134. The van der Waals surface area contributed by atoms with E-state index in [0.717, 1.165) is 32.2 Å². The number of amides is 1. The van der Waals surface area contributed by atoms with E-state index < -0.39 is 0 Å². The van der Waals surface area contributed by atoms with Crippen LogP contribution >= 0.6 is 11.6 Å². The number of alkyl halides is 1. The molecule has 1 aliphatic carbocycles. The average Bonchev–Trinajstić information content (AvgIpc) is 3.03. The number of carbonyl (C=O) groups excluding carboxylic acids is 1. The van der Waals surface area contributed by atoms with Crippen LogP contribution < -0.4 is 0 Å². The zero-order valence-electron chi connectivity index (χ0n) is 8.54. The van der Waals surface area contributed by atoms with E-state index in [9.17, 15) is 4.79 Å². The summed E-state index contributed by atoms with van der Waals surface area (Å²) in [6.45, 7) is 0.937. The molecular weight excluding hydrogens is 198 g/mol. The number of likely N-dealkylation sites (tertiary alicyclic amines) is 1. The molecule has 1 saturated carbocycles. The highest BCUT2D eigenvalue weighted by Crippen LogP contribution is 2.33. The molecule has 1 aliphatic heterocycles. The quantitative estimate of drug-likeness (QED) is 0.648. The highest BCUT2D eigenvalue weighted by Gasteiger charge is 2.36. The van der Waals surface area contributed by atoms with E-state index in [2.05, 4.69) is 4.90 Å². The van der Waals surface area contributed by atoms with E-state index in [1.54, 1.807) is 0 Å². The van der Waals surface area contributed by atoms with Gasteiger partial charge in [-0.15, -0.1) is 11.6 Å². The van der Waals surface area contributed by atoms with Crippen LogP contribution in [0.25, 0.3) is 0 Å². The first-order valence-corrected chi connectivity index (χ1v) is 6.23. The standard InChI is InChI=1S/C11H18ClNO/c12-8-10-4-2-1-3-7-13(10)11(14)9-5-6-9/h9-10H,1-8H2. The molecule has 0 aromatic carbocycles. The topological polar surface area (TPSA) is 20.3 Å². The van der Waals surface area contributed by atoms with Gasteiger partial charge in [0, 0.05) is 24.4 Å². The van der Waals surface area contributed by atoms with Crippen LogP contribution in [-0.2, 0) is 4.79 Å². The summed E-state index contributed by atoms with van der Waals surface area (Å²) in [6, 6.07) is 0.312. The van der Waals surface area contributed by atoms with Gasteiger partial charge >= 0.3 is 0 Å². The fourth-order valence-electron chi connectivity index (χ4n) is 2.19. The maximum absolute atomic E-state index is 11.9. The van der Waals surface area contributed by atoms with E-state index in [1.807, 2.05) is 0 Å². The third-order valence-electron chi connectivity index (χ3n) is 3.26. The van der Waals surface area contributed by atoms with Gasteiger partial charge in [0.05, 0.1) is 0 Å². The van der Waals surface area contributed by atoms with Crippen molar-refractivity contribution < 1.29 is 4.79 Å². The van der Waals surface area contributed by atoms with Crippen LogP contribution in [0, 0.1) is 5.92 Å². The number of hydrogen-bond donors (Lipinski definition) is 0. The summed E-state index contributed by atoms with van der Waals surface area (Å²) < 4.78 is 0. The Hall–Kier alpha value is -0.240. The van der Waals surface area contributed by atoms with Gasteiger partial charge in [0.1, 0.15) is 0 Å². The first-order valence-electron chi connectivity index (χ1n) is 5.69. The van der Waals surface area contributed by atoms with Crippen molar-refractivity contribution in [1.82, 2.24) is 4.90 Å². The number of carbonyl (C=O) groups is 1. The van der Waals surface area contributed by atoms with Crippen molar-refractivity contribution in [1.29, 1.82) is 0 Å². The SMILES string of the molecule is O=C(C1CC1)N1CCCCCC1CCl. The highest BCUT2D eigenvalue weighted by atomic mass is 35.5. The van der Waals surface area contributed by atoms with E-state index in [0.29, 0.717) is 23.7 Å².